The summed E-state index contributed by atoms with van der Waals surface area (Å²) in [7, 11) is 2.15. The zero-order valence-electron chi connectivity index (χ0n) is 6.90. The smallest absolute Gasteiger partial charge is 0.0585 e. The fourth-order valence-corrected chi connectivity index (χ4v) is 2.54. The van der Waals surface area contributed by atoms with Crippen molar-refractivity contribution < 1.29 is 5.11 Å². The van der Waals surface area contributed by atoms with E-state index < -0.39 is 0 Å². The van der Waals surface area contributed by atoms with Crippen LogP contribution in [0.5, 0.6) is 0 Å². The number of rotatable bonds is 2. The molecule has 0 aromatic heterocycles. The van der Waals surface area contributed by atoms with Crippen LogP contribution in [0.15, 0.2) is 0 Å². The number of likely N-dealkylation sites (tertiary alicyclic amines) is 1. The third-order valence-corrected chi connectivity index (χ3v) is 3.15. The lowest BCUT2D eigenvalue weighted by molar-refractivity contribution is 0.231. The molecular formula is C8H16N2O. The maximum atomic E-state index is 8.83. The lowest BCUT2D eigenvalue weighted by atomic mass is 10.1. The van der Waals surface area contributed by atoms with Crippen molar-refractivity contribution in [1.29, 1.82) is 0 Å². The summed E-state index contributed by atoms with van der Waals surface area (Å²) < 4.78 is 0. The van der Waals surface area contributed by atoms with Crippen molar-refractivity contribution in [3.8, 4) is 0 Å². The highest BCUT2D eigenvalue weighted by molar-refractivity contribution is 5.08. The number of nitrogens with zero attached hydrogens (tertiary/aromatic N) is 1. The number of hydrogen-bond acceptors (Lipinski definition) is 3. The van der Waals surface area contributed by atoms with Gasteiger partial charge in [0.15, 0.2) is 0 Å². The number of aliphatic hydroxyl groups is 1. The van der Waals surface area contributed by atoms with Crippen molar-refractivity contribution >= 4 is 0 Å². The van der Waals surface area contributed by atoms with Crippen LogP contribution in [0.2, 0.25) is 0 Å². The summed E-state index contributed by atoms with van der Waals surface area (Å²) in [5.74, 6) is 2.21. The number of nitrogens with two attached hydrogens (primary N) is 1. The molecule has 0 spiro atoms. The standard InChI is InChI=1S/C8H16N2O/c1-10-2-5-6(3-10)8(5)7(9)4-11/h5-8,11H,2-4,9H2,1H3. The van der Waals surface area contributed by atoms with Crippen LogP contribution < -0.4 is 5.73 Å². The van der Waals surface area contributed by atoms with Crippen LogP contribution in [0, 0.1) is 17.8 Å². The van der Waals surface area contributed by atoms with Gasteiger partial charge in [-0.3, -0.25) is 0 Å². The van der Waals surface area contributed by atoms with Gasteiger partial charge in [0.25, 0.3) is 0 Å². The molecule has 1 aliphatic heterocycles. The van der Waals surface area contributed by atoms with Gasteiger partial charge in [-0.05, 0) is 24.8 Å². The monoisotopic (exact) mass is 156 g/mol. The molecule has 3 unspecified atom stereocenters. The Bertz CT molecular complexity index is 150. The van der Waals surface area contributed by atoms with Crippen molar-refractivity contribution in [2.75, 3.05) is 26.7 Å². The Kier molecular flexibility index (Phi) is 1.67. The third kappa shape index (κ3) is 1.08. The molecule has 3 nitrogen and oxygen atoms in total. The van der Waals surface area contributed by atoms with Gasteiger partial charge >= 0.3 is 0 Å². The van der Waals surface area contributed by atoms with Crippen molar-refractivity contribution in [3.05, 3.63) is 0 Å². The van der Waals surface area contributed by atoms with Gasteiger partial charge in [0.1, 0.15) is 0 Å². The van der Waals surface area contributed by atoms with Gasteiger partial charge < -0.3 is 15.7 Å². The predicted molar refractivity (Wildman–Crippen MR) is 43.0 cm³/mol. The Morgan fingerprint density at radius 1 is 1.55 bits per heavy atom. The number of piperidine rings is 1. The Morgan fingerprint density at radius 2 is 2.09 bits per heavy atom. The van der Waals surface area contributed by atoms with Gasteiger partial charge in [-0.15, -0.1) is 0 Å². The summed E-state index contributed by atoms with van der Waals surface area (Å²) in [6.45, 7) is 2.52. The maximum absolute atomic E-state index is 8.83. The zero-order chi connectivity index (χ0) is 8.01. The first-order chi connectivity index (χ1) is 5.24. The van der Waals surface area contributed by atoms with Gasteiger partial charge in [-0.25, -0.2) is 0 Å². The van der Waals surface area contributed by atoms with Crippen LogP contribution in [0.25, 0.3) is 0 Å². The third-order valence-electron chi connectivity index (χ3n) is 3.15. The molecule has 0 amide bonds. The molecule has 3 heteroatoms. The number of fused-ring (bicyclic) bond motifs is 1. The Morgan fingerprint density at radius 3 is 2.55 bits per heavy atom. The van der Waals surface area contributed by atoms with Gasteiger partial charge in [0.05, 0.1) is 6.61 Å². The van der Waals surface area contributed by atoms with Crippen molar-refractivity contribution in [1.82, 2.24) is 4.90 Å². The summed E-state index contributed by atoms with van der Waals surface area (Å²) in [5.41, 5.74) is 5.75. The SMILES string of the molecule is CN1CC2C(C1)C2C(N)CO. The molecule has 1 saturated heterocycles. The highest BCUT2D eigenvalue weighted by Crippen LogP contribution is 2.52. The topological polar surface area (TPSA) is 49.5 Å². The van der Waals surface area contributed by atoms with Crippen LogP contribution in [-0.4, -0.2) is 42.8 Å². The minimum atomic E-state index is 0.0405. The van der Waals surface area contributed by atoms with Crippen molar-refractivity contribution in [3.63, 3.8) is 0 Å². The molecule has 0 radical (unpaired) electrons. The van der Waals surface area contributed by atoms with Crippen molar-refractivity contribution in [2.24, 2.45) is 23.5 Å². The first-order valence-corrected chi connectivity index (χ1v) is 4.29. The van der Waals surface area contributed by atoms with Crippen LogP contribution in [0.1, 0.15) is 0 Å². The average molecular weight is 156 g/mol. The van der Waals surface area contributed by atoms with E-state index in [1.807, 2.05) is 0 Å². The summed E-state index contributed by atoms with van der Waals surface area (Å²) in [6.07, 6.45) is 0. The molecule has 64 valence electrons. The van der Waals surface area contributed by atoms with Gasteiger partial charge in [0.2, 0.25) is 0 Å². The van der Waals surface area contributed by atoms with E-state index in [-0.39, 0.29) is 12.6 Å². The zero-order valence-corrected chi connectivity index (χ0v) is 6.90. The fraction of sp³-hybridized carbons (Fsp3) is 1.00. The molecule has 1 aliphatic carbocycles. The molecular weight excluding hydrogens is 140 g/mol. The van der Waals surface area contributed by atoms with E-state index in [1.54, 1.807) is 0 Å². The molecule has 3 atom stereocenters. The maximum Gasteiger partial charge on any atom is 0.0585 e. The summed E-state index contributed by atoms with van der Waals surface area (Å²) >= 11 is 0. The first-order valence-electron chi connectivity index (χ1n) is 4.29. The molecule has 1 heterocycles. The average Bonchev–Trinajstić information content (AvgIpc) is 2.48. The molecule has 11 heavy (non-hydrogen) atoms. The summed E-state index contributed by atoms with van der Waals surface area (Å²) in [4.78, 5) is 2.34. The second-order valence-corrected chi connectivity index (χ2v) is 3.97. The molecule has 2 rings (SSSR count). The molecule has 2 fully saturated rings. The summed E-state index contributed by atoms with van der Waals surface area (Å²) in [6, 6.07) is 0.0405. The minimum absolute atomic E-state index is 0.0405. The normalized spacial score (nSPS) is 45.5. The van der Waals surface area contributed by atoms with E-state index in [0.717, 1.165) is 11.8 Å². The molecule has 0 bridgehead atoms. The van der Waals surface area contributed by atoms with E-state index in [9.17, 15) is 0 Å². The van der Waals surface area contributed by atoms with Crippen LogP contribution in [0.4, 0.5) is 0 Å². The second kappa shape index (κ2) is 2.44. The lowest BCUT2D eigenvalue weighted by Crippen LogP contribution is -2.32. The molecule has 3 N–H and O–H groups in total. The molecule has 0 aromatic rings. The van der Waals surface area contributed by atoms with Crippen molar-refractivity contribution in [2.45, 2.75) is 6.04 Å². The summed E-state index contributed by atoms with van der Waals surface area (Å²) in [5, 5.41) is 8.83. The fourth-order valence-electron chi connectivity index (χ4n) is 2.54. The quantitative estimate of drug-likeness (QED) is 0.545. The largest absolute Gasteiger partial charge is 0.395 e. The highest BCUT2D eigenvalue weighted by Gasteiger charge is 2.56. The minimum Gasteiger partial charge on any atom is -0.395 e. The van der Waals surface area contributed by atoms with Crippen LogP contribution in [-0.2, 0) is 0 Å². The second-order valence-electron chi connectivity index (χ2n) is 3.97. The van der Waals surface area contributed by atoms with E-state index in [2.05, 4.69) is 11.9 Å². The van der Waals surface area contributed by atoms with Crippen LogP contribution >= 0.6 is 0 Å². The van der Waals surface area contributed by atoms with E-state index in [1.165, 1.54) is 13.1 Å². The predicted octanol–water partition coefficient (Wildman–Crippen LogP) is -0.886. The van der Waals surface area contributed by atoms with Gasteiger partial charge in [-0.1, -0.05) is 0 Å². The number of hydrogen-bond donors (Lipinski definition) is 2. The number of aliphatic hydroxyl groups excluding tert-OH is 1. The van der Waals surface area contributed by atoms with E-state index in [4.69, 9.17) is 10.8 Å². The molecule has 1 saturated carbocycles. The Labute approximate surface area is 67.2 Å². The van der Waals surface area contributed by atoms with E-state index >= 15 is 0 Å². The Hall–Kier alpha value is -0.120. The first kappa shape index (κ1) is 7.53. The molecule has 2 aliphatic rings. The van der Waals surface area contributed by atoms with Gasteiger partial charge in [0, 0.05) is 19.1 Å². The van der Waals surface area contributed by atoms with E-state index in [0.29, 0.717) is 5.92 Å². The molecule has 0 aromatic carbocycles. The van der Waals surface area contributed by atoms with Gasteiger partial charge in [-0.2, -0.15) is 0 Å². The lowest BCUT2D eigenvalue weighted by Gasteiger charge is -2.15. The Balaban J connectivity index is 1.87. The highest BCUT2D eigenvalue weighted by atomic mass is 16.3. The van der Waals surface area contributed by atoms with Crippen LogP contribution in [0.3, 0.4) is 0 Å².